The van der Waals surface area contributed by atoms with Gasteiger partial charge in [0, 0.05) is 0 Å². The number of likely N-dealkylation sites (tertiary alicyclic amines) is 1. The standard InChI is InChI=1S/C13H16Cl3NO7S3/c1-3-26-12(25)27-9-6(7(18)17(9)8(19)10(20)21)5(2)24-11(22)23-4-13(14,15)16/h5-6,8-9,19H,3-4H2,1-2H3,(H,20,21)/t5?,6-,8?,9-/m1/s1. The second-order valence-electron chi connectivity index (χ2n) is 5.15. The number of carboxylic acids is 1. The molecule has 0 aromatic carbocycles. The Morgan fingerprint density at radius 3 is 2.48 bits per heavy atom. The van der Waals surface area contributed by atoms with E-state index in [1.54, 1.807) is 0 Å². The molecule has 1 saturated heterocycles. The lowest BCUT2D eigenvalue weighted by atomic mass is 9.92. The molecule has 2 unspecified atom stereocenters. The molecule has 4 atom stereocenters. The molecule has 0 bridgehead atoms. The Hall–Kier alpha value is -0.170. The Labute approximate surface area is 184 Å². The number of β-lactam (4-membered cyclic amide) rings is 1. The molecule has 1 aliphatic heterocycles. The van der Waals surface area contributed by atoms with Gasteiger partial charge in [0.25, 0.3) is 0 Å². The lowest BCUT2D eigenvalue weighted by Gasteiger charge is -2.48. The first-order chi connectivity index (χ1) is 12.4. The van der Waals surface area contributed by atoms with Crippen molar-refractivity contribution in [2.45, 2.75) is 35.3 Å². The van der Waals surface area contributed by atoms with Crippen molar-refractivity contribution >= 4 is 92.1 Å². The zero-order valence-corrected chi connectivity index (χ0v) is 18.7. The Morgan fingerprint density at radius 1 is 1.41 bits per heavy atom. The van der Waals surface area contributed by atoms with Crippen LogP contribution in [-0.2, 0) is 19.1 Å². The van der Waals surface area contributed by atoms with Crippen molar-refractivity contribution in [3.8, 4) is 0 Å². The zero-order chi connectivity index (χ0) is 20.9. The van der Waals surface area contributed by atoms with Crippen molar-refractivity contribution in [3.63, 3.8) is 0 Å². The summed E-state index contributed by atoms with van der Waals surface area (Å²) in [6.45, 7) is 2.74. The quantitative estimate of drug-likeness (QED) is 0.234. The van der Waals surface area contributed by atoms with E-state index < -0.39 is 52.1 Å². The zero-order valence-electron chi connectivity index (χ0n) is 14.0. The molecule has 14 heteroatoms. The monoisotopic (exact) mass is 499 g/mol. The minimum absolute atomic E-state index is 0.452. The molecule has 154 valence electrons. The molecular weight excluding hydrogens is 485 g/mol. The summed E-state index contributed by atoms with van der Waals surface area (Å²) in [5.41, 5.74) is 0. The third-order valence-corrected chi connectivity index (χ3v) is 6.32. The highest BCUT2D eigenvalue weighted by Crippen LogP contribution is 2.41. The highest BCUT2D eigenvalue weighted by molar-refractivity contribution is 8.47. The van der Waals surface area contributed by atoms with Gasteiger partial charge in [-0.05, 0) is 12.7 Å². The molecule has 27 heavy (non-hydrogen) atoms. The van der Waals surface area contributed by atoms with Gasteiger partial charge in [-0.2, -0.15) is 0 Å². The van der Waals surface area contributed by atoms with Crippen LogP contribution in [0.25, 0.3) is 0 Å². The molecule has 1 amide bonds. The third kappa shape index (κ3) is 7.30. The van der Waals surface area contributed by atoms with Gasteiger partial charge < -0.3 is 19.7 Å². The van der Waals surface area contributed by atoms with Crippen molar-refractivity contribution in [2.75, 3.05) is 12.4 Å². The fraction of sp³-hybridized carbons (Fsp3) is 0.692. The number of nitrogens with zero attached hydrogens (tertiary/aromatic N) is 1. The van der Waals surface area contributed by atoms with E-state index in [1.807, 2.05) is 6.92 Å². The van der Waals surface area contributed by atoms with Gasteiger partial charge in [-0.25, -0.2) is 9.59 Å². The number of carbonyl (C=O) groups is 3. The van der Waals surface area contributed by atoms with Crippen LogP contribution in [0.1, 0.15) is 13.8 Å². The van der Waals surface area contributed by atoms with E-state index in [0.717, 1.165) is 16.7 Å². The molecule has 0 aromatic rings. The summed E-state index contributed by atoms with van der Waals surface area (Å²) in [5, 5.41) is 17.9. The van der Waals surface area contributed by atoms with E-state index in [-0.39, 0.29) is 0 Å². The molecule has 0 spiro atoms. The number of rotatable bonds is 7. The van der Waals surface area contributed by atoms with E-state index in [4.69, 9.17) is 56.9 Å². The number of carbonyl (C=O) groups excluding carboxylic acids is 2. The summed E-state index contributed by atoms with van der Waals surface area (Å²) in [4.78, 5) is 35.8. The highest BCUT2D eigenvalue weighted by Gasteiger charge is 2.56. The molecule has 8 nitrogen and oxygen atoms in total. The van der Waals surface area contributed by atoms with Crippen molar-refractivity contribution in [1.29, 1.82) is 0 Å². The second-order valence-corrected chi connectivity index (χ2v) is 11.3. The number of thioether (sulfide) groups is 2. The Bertz CT molecular complexity index is 604. The Kier molecular flexibility index (Phi) is 9.73. The molecule has 2 N–H and O–H groups in total. The maximum Gasteiger partial charge on any atom is 0.508 e. The molecular formula is C13H16Cl3NO7S3. The summed E-state index contributed by atoms with van der Waals surface area (Å²) in [6, 6.07) is 0. The molecule has 0 aromatic heterocycles. The smallest absolute Gasteiger partial charge is 0.478 e. The number of alkyl halides is 3. The van der Waals surface area contributed by atoms with E-state index in [1.165, 1.54) is 18.7 Å². The summed E-state index contributed by atoms with van der Waals surface area (Å²) >= 11 is 23.9. The first-order valence-electron chi connectivity index (χ1n) is 7.35. The van der Waals surface area contributed by atoms with E-state index in [9.17, 15) is 19.5 Å². The van der Waals surface area contributed by atoms with Gasteiger partial charge >= 0.3 is 12.1 Å². The fourth-order valence-electron chi connectivity index (χ4n) is 2.10. The van der Waals surface area contributed by atoms with Crippen LogP contribution in [0, 0.1) is 5.92 Å². The van der Waals surface area contributed by atoms with E-state index >= 15 is 0 Å². The Balaban J connectivity index is 2.82. The molecule has 1 heterocycles. The van der Waals surface area contributed by atoms with Gasteiger partial charge in [0.2, 0.25) is 15.9 Å². The number of ether oxygens (including phenoxy) is 2. The molecule has 1 rings (SSSR count). The number of amides is 1. The molecule has 1 fully saturated rings. The minimum Gasteiger partial charge on any atom is -0.478 e. The molecule has 1 aliphatic rings. The molecule has 0 radical (unpaired) electrons. The maximum atomic E-state index is 12.3. The topological polar surface area (TPSA) is 113 Å². The minimum atomic E-state index is -2.04. The van der Waals surface area contributed by atoms with Crippen LogP contribution in [0.15, 0.2) is 0 Å². The molecule has 0 saturated carbocycles. The number of aliphatic hydroxyl groups is 1. The normalized spacial score (nSPS) is 21.9. The number of aliphatic carboxylic acids is 1. The number of thiocarbonyl (C=S) groups is 1. The van der Waals surface area contributed by atoms with Crippen molar-refractivity contribution in [2.24, 2.45) is 5.92 Å². The van der Waals surface area contributed by atoms with Crippen LogP contribution >= 0.6 is 70.5 Å². The summed E-state index contributed by atoms with van der Waals surface area (Å²) < 4.78 is 8.27. The summed E-state index contributed by atoms with van der Waals surface area (Å²) in [6.07, 6.45) is -4.19. The Morgan fingerprint density at radius 2 is 2.00 bits per heavy atom. The second kappa shape index (κ2) is 10.6. The maximum absolute atomic E-state index is 12.3. The lowest BCUT2D eigenvalue weighted by Crippen LogP contribution is -2.67. The van der Waals surface area contributed by atoms with Crippen LogP contribution in [0.2, 0.25) is 0 Å². The number of hydrogen-bond acceptors (Lipinski definition) is 9. The number of hydrogen-bond donors (Lipinski definition) is 2. The fourth-order valence-corrected chi connectivity index (χ4v) is 5.09. The predicted molar refractivity (Wildman–Crippen MR) is 108 cm³/mol. The third-order valence-electron chi connectivity index (χ3n) is 3.23. The first-order valence-corrected chi connectivity index (χ1v) is 10.8. The number of halogens is 3. The SMILES string of the molecule is CCSC(=S)S[C@@H]1[C@H](C(C)OC(=O)OCC(Cl)(Cl)Cl)C(=O)N1C(O)C(=O)O. The van der Waals surface area contributed by atoms with Crippen LogP contribution in [0.5, 0.6) is 0 Å². The van der Waals surface area contributed by atoms with Gasteiger partial charge in [0.15, 0.2) is 0 Å². The average molecular weight is 501 g/mol. The van der Waals surface area contributed by atoms with Gasteiger partial charge in [0.1, 0.15) is 27.5 Å². The van der Waals surface area contributed by atoms with Crippen LogP contribution < -0.4 is 0 Å². The predicted octanol–water partition coefficient (Wildman–Crippen LogP) is 2.86. The van der Waals surface area contributed by atoms with E-state index in [0.29, 0.717) is 9.28 Å². The van der Waals surface area contributed by atoms with Crippen molar-refractivity contribution in [1.82, 2.24) is 4.90 Å². The van der Waals surface area contributed by atoms with Crippen LogP contribution in [0.4, 0.5) is 4.79 Å². The van der Waals surface area contributed by atoms with Crippen molar-refractivity contribution < 1.29 is 34.1 Å². The van der Waals surface area contributed by atoms with E-state index in [2.05, 4.69) is 4.74 Å². The largest absolute Gasteiger partial charge is 0.508 e. The average Bonchev–Trinajstić information content (AvgIpc) is 2.52. The summed E-state index contributed by atoms with van der Waals surface area (Å²) in [7, 11) is 0. The van der Waals surface area contributed by atoms with Crippen LogP contribution in [-0.4, -0.2) is 70.5 Å². The van der Waals surface area contributed by atoms with Crippen LogP contribution in [0.3, 0.4) is 0 Å². The number of aliphatic hydroxyl groups excluding tert-OH is 1. The number of carboxylic acid groups (broad SMARTS) is 1. The van der Waals surface area contributed by atoms with Gasteiger partial charge in [0.05, 0.1) is 0 Å². The lowest BCUT2D eigenvalue weighted by molar-refractivity contribution is -0.186. The van der Waals surface area contributed by atoms with Crippen molar-refractivity contribution in [3.05, 3.63) is 0 Å². The van der Waals surface area contributed by atoms with Gasteiger partial charge in [-0.15, -0.1) is 11.8 Å². The highest BCUT2D eigenvalue weighted by atomic mass is 35.6. The first kappa shape index (κ1) is 24.9. The summed E-state index contributed by atoms with van der Waals surface area (Å²) in [5.74, 6) is -2.54. The molecule has 0 aliphatic carbocycles. The van der Waals surface area contributed by atoms with Gasteiger partial charge in [-0.3, -0.25) is 9.69 Å². The van der Waals surface area contributed by atoms with Gasteiger partial charge in [-0.1, -0.05) is 65.7 Å².